The Morgan fingerprint density at radius 1 is 0.604 bits per heavy atom. The first-order chi connectivity index (χ1) is 45.6. The summed E-state index contributed by atoms with van der Waals surface area (Å²) in [6.45, 7) is 3.48. The van der Waals surface area contributed by atoms with Gasteiger partial charge in [0.2, 0.25) is 65.0 Å². The smallest absolute Gasteiger partial charge is 0.326 e. The van der Waals surface area contributed by atoms with Gasteiger partial charge in [0.25, 0.3) is 0 Å². The molecule has 526 valence electrons. The number of rotatable bonds is 39. The van der Waals surface area contributed by atoms with E-state index in [2.05, 4.69) is 67.5 Å². The van der Waals surface area contributed by atoms with Gasteiger partial charge in [-0.3, -0.25) is 62.5 Å². The van der Waals surface area contributed by atoms with E-state index in [9.17, 15) is 77.6 Å². The van der Waals surface area contributed by atoms with Gasteiger partial charge < -0.3 is 106 Å². The Balaban J connectivity index is 1.35. The zero-order valence-corrected chi connectivity index (χ0v) is 53.6. The van der Waals surface area contributed by atoms with Gasteiger partial charge >= 0.3 is 11.9 Å². The molecule has 2 fully saturated rings. The fourth-order valence-corrected chi connectivity index (χ4v) is 10.8. The Morgan fingerprint density at radius 2 is 1.09 bits per heavy atom. The number of amides is 11. The lowest BCUT2D eigenvalue weighted by Crippen LogP contribution is -2.63. The fraction of sp³-hybridized carbons (Fsp3) is 0.567. The van der Waals surface area contributed by atoms with Crippen LogP contribution in [0.1, 0.15) is 108 Å². The number of aromatic nitrogens is 4. The van der Waals surface area contributed by atoms with Crippen LogP contribution < -0.4 is 65.5 Å². The molecule has 0 bridgehead atoms. The van der Waals surface area contributed by atoms with Crippen LogP contribution in [0.15, 0.2) is 60.4 Å². The number of nitrogens with one attached hydrogen (secondary N) is 10. The summed E-state index contributed by atoms with van der Waals surface area (Å²) in [4.78, 5) is 196. The van der Waals surface area contributed by atoms with Crippen molar-refractivity contribution in [1.29, 1.82) is 0 Å². The lowest BCUT2D eigenvalue weighted by molar-refractivity contribution is -0.146. The van der Waals surface area contributed by atoms with Gasteiger partial charge in [-0.25, -0.2) is 14.8 Å². The number of hydrogen-bond acceptors (Lipinski definition) is 19. The first-order valence-corrected chi connectivity index (χ1v) is 31.5. The van der Waals surface area contributed by atoms with Crippen molar-refractivity contribution >= 4 is 82.9 Å². The molecule has 2 aliphatic rings. The van der Waals surface area contributed by atoms with E-state index in [4.69, 9.17) is 28.0 Å². The van der Waals surface area contributed by atoms with Crippen LogP contribution in [-0.2, 0) is 81.6 Å². The van der Waals surface area contributed by atoms with E-state index in [1.54, 1.807) is 44.2 Å². The van der Waals surface area contributed by atoms with Crippen LogP contribution in [0, 0.1) is 5.92 Å². The number of aliphatic carboxylic acids is 2. The summed E-state index contributed by atoms with van der Waals surface area (Å²) < 4.78 is 0. The molecule has 5 rings (SSSR count). The van der Waals surface area contributed by atoms with Crippen LogP contribution >= 0.6 is 0 Å². The molecule has 36 nitrogen and oxygen atoms in total. The van der Waals surface area contributed by atoms with Crippen molar-refractivity contribution in [1.82, 2.24) is 72.3 Å². The molecule has 2 saturated heterocycles. The molecular formula is C60H89N19O17. The summed E-state index contributed by atoms with van der Waals surface area (Å²) in [6, 6.07) is -7.89. The number of carbonyl (C=O) groups excluding carboxylic acids is 11. The Kier molecular flexibility index (Phi) is 30.1. The monoisotopic (exact) mass is 1350 g/mol. The first-order valence-electron chi connectivity index (χ1n) is 31.5. The molecule has 0 saturated carbocycles. The molecule has 0 radical (unpaired) electrons. The van der Waals surface area contributed by atoms with E-state index in [1.165, 1.54) is 36.9 Å². The predicted octanol–water partition coefficient (Wildman–Crippen LogP) is -5.96. The highest BCUT2D eigenvalue weighted by Crippen LogP contribution is 2.22. The minimum absolute atomic E-state index is 0.0295. The summed E-state index contributed by atoms with van der Waals surface area (Å²) in [5.41, 5.74) is 23.5. The van der Waals surface area contributed by atoms with E-state index in [1.807, 2.05) is 0 Å². The van der Waals surface area contributed by atoms with Gasteiger partial charge in [-0.2, -0.15) is 0 Å². The molecule has 0 unspecified atom stereocenters. The van der Waals surface area contributed by atoms with E-state index < -0.39 is 168 Å². The van der Waals surface area contributed by atoms with Gasteiger partial charge in [-0.1, -0.05) is 50.6 Å². The van der Waals surface area contributed by atoms with E-state index in [0.717, 1.165) is 4.90 Å². The average molecular weight is 1350 g/mol. The van der Waals surface area contributed by atoms with Gasteiger partial charge in [0.1, 0.15) is 60.4 Å². The number of hydrogen-bond donors (Lipinski definition) is 18. The van der Waals surface area contributed by atoms with Gasteiger partial charge in [-0.05, 0) is 69.8 Å². The third kappa shape index (κ3) is 23.4. The second kappa shape index (κ2) is 37.7. The zero-order chi connectivity index (χ0) is 70.8. The number of nitrogens with zero attached hydrogens (tertiary/aromatic N) is 5. The maximum Gasteiger partial charge on any atom is 0.326 e. The second-order valence-electron chi connectivity index (χ2n) is 23.6. The Labute approximate surface area is 551 Å². The molecule has 3 aromatic rings. The number of benzene rings is 1. The molecule has 0 aliphatic carbocycles. The molecule has 36 heteroatoms. The maximum atomic E-state index is 14.6. The van der Waals surface area contributed by atoms with Crippen LogP contribution in [0.2, 0.25) is 0 Å². The van der Waals surface area contributed by atoms with Gasteiger partial charge in [0.15, 0.2) is 5.96 Å². The molecule has 1 aromatic carbocycles. The molecule has 13 atom stereocenters. The zero-order valence-electron chi connectivity index (χ0n) is 53.6. The minimum Gasteiger partial charge on any atom is -0.481 e. The number of carboxylic acid groups (broad SMARTS) is 2. The van der Waals surface area contributed by atoms with Crippen LogP contribution in [0.4, 0.5) is 0 Å². The van der Waals surface area contributed by atoms with Crippen molar-refractivity contribution < 1.29 is 82.8 Å². The molecule has 2 aromatic heterocycles. The number of guanidine groups is 1. The van der Waals surface area contributed by atoms with Crippen molar-refractivity contribution in [3.05, 3.63) is 72.3 Å². The number of nitrogens with two attached hydrogens (primary N) is 4. The van der Waals surface area contributed by atoms with Crippen molar-refractivity contribution in [3.8, 4) is 0 Å². The highest BCUT2D eigenvalue weighted by molar-refractivity contribution is 5.99. The topological polar surface area (TPSA) is 579 Å². The SMILES string of the molecule is CC[C@H](C)[C@H](NC(=O)[C@H](CO)NC(=O)[C@H](Cc1cnc[nH]1)NC(=O)[C@H](CCCN=C(N)N)NC(=O)[C@H](Cc1cnc[nH]1)NC(=O)[C@@H]1CCCN1C(=O)[C@@H](N)CCC(=O)O)C(=O)N[C@@H](Cc1ccccc1)C(=O)N[C@H](C(=O)N1CCC[C@H]1C(=O)N[C@@H](CCC(N)=O)C(=O)O)[C@@H](C)O. The Bertz CT molecular complexity index is 3190. The van der Waals surface area contributed by atoms with Crippen molar-refractivity contribution in [3.63, 3.8) is 0 Å². The average Bonchev–Trinajstić information content (AvgIpc) is 1.60. The number of H-pyrrole nitrogens is 2. The number of carboxylic acids is 2. The molecule has 4 heterocycles. The van der Waals surface area contributed by atoms with E-state index >= 15 is 0 Å². The Morgan fingerprint density at radius 3 is 1.60 bits per heavy atom. The number of aliphatic hydroxyl groups excluding tert-OH is 2. The second-order valence-corrected chi connectivity index (χ2v) is 23.6. The van der Waals surface area contributed by atoms with Gasteiger partial charge in [0, 0.05) is 75.5 Å². The molecular weight excluding hydrogens is 1260 g/mol. The summed E-state index contributed by atoms with van der Waals surface area (Å²) >= 11 is 0. The maximum absolute atomic E-state index is 14.6. The molecule has 11 amide bonds. The summed E-state index contributed by atoms with van der Waals surface area (Å²) in [7, 11) is 0. The molecule has 22 N–H and O–H groups in total. The van der Waals surface area contributed by atoms with Gasteiger partial charge in [0.05, 0.1) is 31.4 Å². The largest absolute Gasteiger partial charge is 0.481 e. The van der Waals surface area contributed by atoms with Crippen LogP contribution in [0.3, 0.4) is 0 Å². The van der Waals surface area contributed by atoms with Crippen LogP contribution in [0.25, 0.3) is 0 Å². The number of imidazole rings is 2. The van der Waals surface area contributed by atoms with Gasteiger partial charge in [-0.15, -0.1) is 0 Å². The number of carbonyl (C=O) groups is 13. The highest BCUT2D eigenvalue weighted by atomic mass is 16.4. The third-order valence-corrected chi connectivity index (χ3v) is 16.3. The van der Waals surface area contributed by atoms with Crippen LogP contribution in [0.5, 0.6) is 0 Å². The summed E-state index contributed by atoms with van der Waals surface area (Å²) in [5.74, 6) is -13.6. The van der Waals surface area contributed by atoms with Crippen molar-refractivity contribution in [2.75, 3.05) is 26.2 Å². The number of aliphatic hydroxyl groups is 2. The summed E-state index contributed by atoms with van der Waals surface area (Å²) in [5, 5.41) is 60.9. The lowest BCUT2D eigenvalue weighted by Gasteiger charge is -2.32. The third-order valence-electron chi connectivity index (χ3n) is 16.3. The first kappa shape index (κ1) is 76.6. The molecule has 0 spiro atoms. The summed E-state index contributed by atoms with van der Waals surface area (Å²) in [6.07, 6.45) is 2.77. The highest BCUT2D eigenvalue weighted by Gasteiger charge is 2.43. The standard InChI is InChI=1S/C60H89N19O17/c1-4-31(2)47(56(92)74-39(23-33-11-6-5-7-12-33)52(88)77-48(32(3)81)58(94)79-22-10-15-44(79)54(90)71-38(59(95)96)17-18-45(62)82)76-53(89)42(28-80)75-51(87)40(24-34-26-65-29-68-34)72-49(85)37(13-8-20-67-60(63)64)70-50(86)41(25-35-27-66-30-69-35)73-55(91)43-14-9-21-78(43)57(93)36(61)16-19-46(83)84/h5-7,11-12,26-27,29-32,36-44,47-48,80-81H,4,8-10,13-25,28,61H2,1-3H3,(H2,62,82)(H,65,68)(H,66,69)(H,70,86)(H,71,90)(H,72,85)(H,73,91)(H,74,92)(H,75,87)(H,76,89)(H,77,88)(H,83,84)(H,95,96)(H4,63,64,67)/t31-,32+,36-,37-,38-,39-,40-,41-,42-,43-,44-,47-,48-/m0/s1. The van der Waals surface area contributed by atoms with E-state index in [0.29, 0.717) is 23.4 Å². The minimum atomic E-state index is -1.82. The van der Waals surface area contributed by atoms with E-state index in [-0.39, 0.29) is 103 Å². The molecule has 2 aliphatic heterocycles. The fourth-order valence-electron chi connectivity index (χ4n) is 10.8. The normalized spacial score (nSPS) is 17.8. The number of likely N-dealkylation sites (tertiary alicyclic amines) is 2. The molecule has 96 heavy (non-hydrogen) atoms. The van der Waals surface area contributed by atoms with Crippen molar-refractivity contribution in [2.24, 2.45) is 33.8 Å². The number of primary amides is 1. The number of aromatic amines is 2. The quantitative estimate of drug-likeness (QED) is 0.0144. The van der Waals surface area contributed by atoms with Crippen LogP contribution in [-0.4, -0.2) is 232 Å². The Hall–Kier alpha value is -10.1. The lowest BCUT2D eigenvalue weighted by atomic mass is 9.96. The van der Waals surface area contributed by atoms with Crippen molar-refractivity contribution in [2.45, 2.75) is 183 Å². The number of aliphatic imine (C=N–C) groups is 1. The predicted molar refractivity (Wildman–Crippen MR) is 339 cm³/mol.